The van der Waals surface area contributed by atoms with E-state index >= 15 is 0 Å². The Bertz CT molecular complexity index is 1950. The van der Waals surface area contributed by atoms with Crippen molar-refractivity contribution >= 4 is 24.0 Å². The molecule has 5 N–H and O–H groups in total. The third-order valence-electron chi connectivity index (χ3n) is 10.5. The molecule has 4 heterocycles. The highest BCUT2D eigenvalue weighted by molar-refractivity contribution is 5.88. The number of hydrogen-bond acceptors (Lipinski definition) is 8. The molecule has 54 heavy (non-hydrogen) atoms. The van der Waals surface area contributed by atoms with Crippen molar-refractivity contribution in [3.63, 3.8) is 0 Å². The lowest BCUT2D eigenvalue weighted by molar-refractivity contribution is -0.151. The summed E-state index contributed by atoms with van der Waals surface area (Å²) in [7, 11) is 1.29. The Labute approximate surface area is 315 Å². The number of nitrogens with two attached hydrogens (primary N) is 1. The van der Waals surface area contributed by atoms with Crippen LogP contribution in [0.15, 0.2) is 60.9 Å². The number of primary amides is 1. The van der Waals surface area contributed by atoms with Gasteiger partial charge in [-0.3, -0.25) is 9.59 Å². The van der Waals surface area contributed by atoms with Crippen LogP contribution in [0.3, 0.4) is 0 Å². The van der Waals surface area contributed by atoms with Crippen LogP contribution < -0.4 is 11.1 Å². The van der Waals surface area contributed by atoms with Gasteiger partial charge in [-0.15, -0.1) is 0 Å². The summed E-state index contributed by atoms with van der Waals surface area (Å²) in [6.07, 6.45) is 6.22. The van der Waals surface area contributed by atoms with Crippen LogP contribution in [-0.4, -0.2) is 85.6 Å². The minimum Gasteiger partial charge on any atom is -0.453 e. The largest absolute Gasteiger partial charge is 0.453 e. The maximum atomic E-state index is 13.6. The molecule has 2 saturated heterocycles. The van der Waals surface area contributed by atoms with Gasteiger partial charge in [0.15, 0.2) is 5.60 Å². The first-order valence-corrected chi connectivity index (χ1v) is 18.7. The summed E-state index contributed by atoms with van der Waals surface area (Å²) in [5.74, 6) is 0.904. The fraction of sp³-hybridized carbons (Fsp3) is 0.450. The number of H-pyrrole nitrogens is 2. The summed E-state index contributed by atoms with van der Waals surface area (Å²) < 4.78 is 10.1. The molecule has 2 aromatic carbocycles. The number of ether oxygens (including phenoxy) is 2. The molecule has 0 saturated carbocycles. The summed E-state index contributed by atoms with van der Waals surface area (Å²) >= 11 is 0. The van der Waals surface area contributed by atoms with Crippen molar-refractivity contribution < 1.29 is 28.7 Å². The molecule has 6 rings (SSSR count). The van der Waals surface area contributed by atoms with E-state index in [-0.39, 0.29) is 29.8 Å². The van der Waals surface area contributed by atoms with Crippen molar-refractivity contribution in [3.8, 4) is 33.6 Å². The molecule has 2 aliphatic heterocycles. The van der Waals surface area contributed by atoms with Crippen molar-refractivity contribution in [2.24, 2.45) is 11.7 Å². The predicted molar refractivity (Wildman–Crippen MR) is 203 cm³/mol. The first-order valence-electron chi connectivity index (χ1n) is 18.7. The average molecular weight is 739 g/mol. The van der Waals surface area contributed by atoms with Crippen LogP contribution in [0.5, 0.6) is 0 Å². The van der Waals surface area contributed by atoms with Crippen LogP contribution in [-0.2, 0) is 19.1 Å². The van der Waals surface area contributed by atoms with Crippen LogP contribution in [0.1, 0.15) is 90.0 Å². The van der Waals surface area contributed by atoms with Gasteiger partial charge >= 0.3 is 12.2 Å². The lowest BCUT2D eigenvalue weighted by atomic mass is 9.97. The van der Waals surface area contributed by atoms with Crippen LogP contribution >= 0.6 is 0 Å². The number of methoxy groups -OCH3 is 1. The number of carbonyl (C=O) groups is 4. The number of aromatic nitrogens is 4. The molecule has 4 atom stereocenters. The number of alkyl carbamates (subject to hydrolysis) is 1. The van der Waals surface area contributed by atoms with Crippen molar-refractivity contribution in [1.29, 1.82) is 0 Å². The fourth-order valence-corrected chi connectivity index (χ4v) is 7.68. The number of aromatic amines is 2. The Morgan fingerprint density at radius 1 is 0.852 bits per heavy atom. The molecule has 14 nitrogen and oxygen atoms in total. The Balaban J connectivity index is 1.11. The van der Waals surface area contributed by atoms with Crippen LogP contribution in [0.25, 0.3) is 33.6 Å². The minimum absolute atomic E-state index is 0.106. The van der Waals surface area contributed by atoms with E-state index in [9.17, 15) is 19.2 Å². The maximum absolute atomic E-state index is 13.6. The van der Waals surface area contributed by atoms with Gasteiger partial charge in [-0.2, -0.15) is 0 Å². The highest BCUT2D eigenvalue weighted by Crippen LogP contribution is 2.36. The smallest absolute Gasteiger partial charge is 0.407 e. The molecular weight excluding hydrogens is 688 g/mol. The first kappa shape index (κ1) is 38.1. The number of nitrogens with zero attached hydrogens (tertiary/aromatic N) is 4. The van der Waals surface area contributed by atoms with E-state index in [0.29, 0.717) is 31.8 Å². The second kappa shape index (κ2) is 16.1. The summed E-state index contributed by atoms with van der Waals surface area (Å²) in [5, 5.41) is 2.69. The standard InChI is InChI=1S/C40H50N8O6/c1-6-19-40(4,54-38(41)51)37(50)48-21-8-10-32(48)35-43-23-30(45-35)28-17-13-26(14-18-28)25-11-15-27(16-12-25)29-22-42-34(44-29)31-9-7-20-47(31)36(49)33(24(2)3)46-39(52)53-5/h11-18,22-24,31-33H,6-10,19-21H2,1-5H3,(H2,41,51)(H,42,44)(H,43,45)(H,46,52)/t31-,32-,33-,40-/m0/s1. The molecule has 2 fully saturated rings. The highest BCUT2D eigenvalue weighted by atomic mass is 16.6. The van der Waals surface area contributed by atoms with E-state index in [4.69, 9.17) is 15.2 Å². The normalized spacial score (nSPS) is 18.7. The minimum atomic E-state index is -1.32. The van der Waals surface area contributed by atoms with Crippen LogP contribution in [0.2, 0.25) is 0 Å². The van der Waals surface area contributed by atoms with Crippen molar-refractivity contribution in [3.05, 3.63) is 72.6 Å². The Kier molecular flexibility index (Phi) is 11.4. The molecule has 0 bridgehead atoms. The number of carbonyl (C=O) groups excluding carboxylic acids is 4. The number of amides is 4. The number of imidazole rings is 2. The Hall–Kier alpha value is -5.66. The molecule has 4 amide bonds. The van der Waals surface area contributed by atoms with Crippen molar-refractivity contribution in [2.45, 2.75) is 89.9 Å². The van der Waals surface area contributed by atoms with Gasteiger partial charge in [-0.05, 0) is 67.2 Å². The fourth-order valence-electron chi connectivity index (χ4n) is 7.68. The van der Waals surface area contributed by atoms with Gasteiger partial charge in [0.25, 0.3) is 5.91 Å². The van der Waals surface area contributed by atoms with Crippen molar-refractivity contribution in [1.82, 2.24) is 35.1 Å². The van der Waals surface area contributed by atoms with E-state index in [1.54, 1.807) is 29.1 Å². The number of nitrogens with one attached hydrogen (secondary N) is 3. The van der Waals surface area contributed by atoms with E-state index in [2.05, 4.69) is 49.5 Å². The zero-order valence-corrected chi connectivity index (χ0v) is 31.6. The second-order valence-corrected chi connectivity index (χ2v) is 14.6. The third kappa shape index (κ3) is 7.97. The average Bonchev–Trinajstić information content (AvgIpc) is 3.99. The van der Waals surface area contributed by atoms with Gasteiger partial charge in [-0.1, -0.05) is 75.7 Å². The number of rotatable bonds is 12. The zero-order valence-electron chi connectivity index (χ0n) is 31.6. The summed E-state index contributed by atoms with van der Waals surface area (Å²) in [4.78, 5) is 70.4. The lowest BCUT2D eigenvalue weighted by Crippen LogP contribution is -2.51. The van der Waals surface area contributed by atoms with Crippen LogP contribution in [0, 0.1) is 5.92 Å². The van der Waals surface area contributed by atoms with Gasteiger partial charge in [0.1, 0.15) is 17.7 Å². The quantitative estimate of drug-likeness (QED) is 0.127. The van der Waals surface area contributed by atoms with E-state index < -0.39 is 23.8 Å². The predicted octanol–water partition coefficient (Wildman–Crippen LogP) is 6.50. The van der Waals surface area contributed by atoms with Gasteiger partial charge in [0, 0.05) is 13.1 Å². The van der Waals surface area contributed by atoms with Crippen LogP contribution in [0.4, 0.5) is 9.59 Å². The lowest BCUT2D eigenvalue weighted by Gasteiger charge is -2.34. The van der Waals surface area contributed by atoms with E-state index in [1.807, 2.05) is 45.0 Å². The molecule has 0 unspecified atom stereocenters. The summed E-state index contributed by atoms with van der Waals surface area (Å²) in [6, 6.07) is 15.3. The number of likely N-dealkylation sites (tertiary alicyclic amines) is 2. The van der Waals surface area contributed by atoms with Gasteiger partial charge in [0.2, 0.25) is 5.91 Å². The molecule has 2 aromatic heterocycles. The molecular formula is C40H50N8O6. The molecule has 286 valence electrons. The first-order chi connectivity index (χ1) is 25.9. The van der Waals surface area contributed by atoms with Gasteiger partial charge in [-0.25, -0.2) is 19.6 Å². The number of hydrogen-bond donors (Lipinski definition) is 4. The molecule has 0 aliphatic carbocycles. The van der Waals surface area contributed by atoms with E-state index in [1.165, 1.54) is 7.11 Å². The van der Waals surface area contributed by atoms with E-state index in [0.717, 1.165) is 65.1 Å². The molecule has 0 spiro atoms. The molecule has 0 radical (unpaired) electrons. The Morgan fingerprint density at radius 2 is 1.33 bits per heavy atom. The zero-order chi connectivity index (χ0) is 38.6. The monoisotopic (exact) mass is 738 g/mol. The summed E-state index contributed by atoms with van der Waals surface area (Å²) in [6.45, 7) is 8.50. The van der Waals surface area contributed by atoms with Gasteiger partial charge < -0.3 is 40.3 Å². The van der Waals surface area contributed by atoms with Gasteiger partial charge in [0.05, 0.1) is 43.0 Å². The maximum Gasteiger partial charge on any atom is 0.407 e. The molecule has 14 heteroatoms. The van der Waals surface area contributed by atoms with Crippen molar-refractivity contribution in [2.75, 3.05) is 20.2 Å². The molecule has 2 aliphatic rings. The topological polar surface area (TPSA) is 189 Å². The molecule has 4 aromatic rings. The Morgan fingerprint density at radius 3 is 1.80 bits per heavy atom. The number of benzene rings is 2. The third-order valence-corrected chi connectivity index (χ3v) is 10.5. The SMILES string of the molecule is CCC[C@](C)(OC(N)=O)C(=O)N1CCC[C@H]1c1ncc(-c2ccc(-c3ccc(-c4cnc([C@@H]5CCCN5C(=O)[C@@H](NC(=O)OC)C(C)C)[nH]4)cc3)cc2)[nH]1. The highest BCUT2D eigenvalue weighted by Gasteiger charge is 2.44. The second-order valence-electron chi connectivity index (χ2n) is 14.6. The summed E-state index contributed by atoms with van der Waals surface area (Å²) in [5.41, 5.74) is 9.72.